The van der Waals surface area contributed by atoms with Gasteiger partial charge in [0.15, 0.2) is 0 Å². The number of hydrogen-bond donors (Lipinski definition) is 2. The molecular weight excluding hydrogens is 273 g/mol. The number of rotatable bonds is 3. The van der Waals surface area contributed by atoms with Gasteiger partial charge in [-0.1, -0.05) is 0 Å². The maximum atomic E-state index is 13.7. The number of nitrogen functional groups attached to an aromatic ring is 1. The van der Waals surface area contributed by atoms with Crippen LogP contribution in [0.15, 0.2) is 23.1 Å². The summed E-state index contributed by atoms with van der Waals surface area (Å²) in [5.74, 6) is -1.63. The highest BCUT2D eigenvalue weighted by atomic mass is 32.2. The molecule has 1 aliphatic heterocycles. The molecule has 104 valence electrons. The van der Waals surface area contributed by atoms with Crippen LogP contribution in [0.5, 0.6) is 0 Å². The molecule has 0 bridgehead atoms. The van der Waals surface area contributed by atoms with Gasteiger partial charge in [-0.05, 0) is 31.0 Å². The number of anilines is 1. The molecule has 0 aromatic heterocycles. The van der Waals surface area contributed by atoms with Crippen LogP contribution >= 0.6 is 0 Å². The zero-order chi connectivity index (χ0) is 14.2. The largest absolute Gasteiger partial charge is 0.399 e. The predicted octanol–water partition coefficient (Wildman–Crippen LogP) is 0.0463. The van der Waals surface area contributed by atoms with Crippen LogP contribution in [0.4, 0.5) is 10.1 Å². The Hall–Kier alpha value is -1.67. The van der Waals surface area contributed by atoms with Gasteiger partial charge in [0.05, 0.1) is 0 Å². The lowest BCUT2D eigenvalue weighted by Crippen LogP contribution is -2.43. The number of carbonyl (C=O) groups excluding carboxylic acids is 1. The second-order valence-electron chi connectivity index (χ2n) is 4.37. The van der Waals surface area contributed by atoms with Gasteiger partial charge in [0.1, 0.15) is 16.8 Å². The molecule has 6 nitrogen and oxygen atoms in total. The van der Waals surface area contributed by atoms with E-state index < -0.39 is 32.7 Å². The minimum atomic E-state index is -4.11. The van der Waals surface area contributed by atoms with E-state index in [1.807, 2.05) is 0 Å². The van der Waals surface area contributed by atoms with E-state index >= 15 is 0 Å². The summed E-state index contributed by atoms with van der Waals surface area (Å²) in [7, 11) is -4.11. The maximum Gasteiger partial charge on any atom is 0.246 e. The molecule has 1 unspecified atom stereocenters. The molecular formula is C11H14FN3O3S. The summed E-state index contributed by atoms with van der Waals surface area (Å²) in [5.41, 5.74) is 10.8. The molecule has 0 saturated carbocycles. The highest BCUT2D eigenvalue weighted by molar-refractivity contribution is 7.89. The van der Waals surface area contributed by atoms with Gasteiger partial charge >= 0.3 is 0 Å². The van der Waals surface area contributed by atoms with Crippen LogP contribution in [0.3, 0.4) is 0 Å². The van der Waals surface area contributed by atoms with E-state index in [1.54, 1.807) is 0 Å². The van der Waals surface area contributed by atoms with Gasteiger partial charge < -0.3 is 11.5 Å². The van der Waals surface area contributed by atoms with Gasteiger partial charge in [0.2, 0.25) is 15.9 Å². The molecule has 8 heteroatoms. The van der Waals surface area contributed by atoms with Crippen LogP contribution in [0.25, 0.3) is 0 Å². The zero-order valence-electron chi connectivity index (χ0n) is 10.0. The van der Waals surface area contributed by atoms with Crippen LogP contribution in [0.2, 0.25) is 0 Å². The Morgan fingerprint density at radius 3 is 2.74 bits per heavy atom. The highest BCUT2D eigenvalue weighted by Gasteiger charge is 2.39. The quantitative estimate of drug-likeness (QED) is 0.766. The second kappa shape index (κ2) is 4.78. The van der Waals surface area contributed by atoms with E-state index in [4.69, 9.17) is 11.5 Å². The topological polar surface area (TPSA) is 106 Å². The Bertz CT molecular complexity index is 618. The van der Waals surface area contributed by atoms with E-state index in [1.165, 1.54) is 6.07 Å². The maximum absolute atomic E-state index is 13.7. The van der Waals surface area contributed by atoms with E-state index in [2.05, 4.69) is 0 Å². The molecule has 1 heterocycles. The monoisotopic (exact) mass is 287 g/mol. The number of halogens is 1. The molecule has 0 spiro atoms. The lowest BCUT2D eigenvalue weighted by atomic mass is 10.2. The van der Waals surface area contributed by atoms with Gasteiger partial charge in [-0.2, -0.15) is 4.31 Å². The van der Waals surface area contributed by atoms with Crippen LogP contribution in [-0.2, 0) is 14.8 Å². The number of amides is 1. The number of carbonyl (C=O) groups is 1. The third-order valence-corrected chi connectivity index (χ3v) is 5.00. The van der Waals surface area contributed by atoms with Gasteiger partial charge in [-0.3, -0.25) is 4.79 Å². The Kier molecular flexibility index (Phi) is 3.46. The van der Waals surface area contributed by atoms with E-state index in [0.717, 1.165) is 16.4 Å². The summed E-state index contributed by atoms with van der Waals surface area (Å²) in [6.45, 7) is 0.143. The van der Waals surface area contributed by atoms with Crippen molar-refractivity contribution in [2.75, 3.05) is 12.3 Å². The minimum Gasteiger partial charge on any atom is -0.399 e. The third-order valence-electron chi connectivity index (χ3n) is 3.07. The Morgan fingerprint density at radius 1 is 1.42 bits per heavy atom. The Balaban J connectivity index is 2.48. The van der Waals surface area contributed by atoms with Crippen molar-refractivity contribution in [2.45, 2.75) is 23.8 Å². The van der Waals surface area contributed by atoms with Gasteiger partial charge in [0.25, 0.3) is 0 Å². The molecule has 0 radical (unpaired) electrons. The van der Waals surface area contributed by atoms with Gasteiger partial charge in [-0.25, -0.2) is 12.8 Å². The van der Waals surface area contributed by atoms with Crippen molar-refractivity contribution in [3.8, 4) is 0 Å². The number of nitrogens with two attached hydrogens (primary N) is 2. The number of hydrogen-bond acceptors (Lipinski definition) is 4. The van der Waals surface area contributed by atoms with Crippen LogP contribution in [-0.4, -0.2) is 31.2 Å². The SMILES string of the molecule is NC(=O)C1CCCN1S(=O)(=O)c1cc(N)ccc1F. The average Bonchev–Trinajstić information content (AvgIpc) is 2.82. The first kappa shape index (κ1) is 13.8. The number of primary amides is 1. The van der Waals surface area contributed by atoms with Crippen molar-refractivity contribution in [3.63, 3.8) is 0 Å². The van der Waals surface area contributed by atoms with Gasteiger partial charge in [0, 0.05) is 12.2 Å². The standard InChI is InChI=1S/C11H14FN3O3S/c12-8-4-3-7(13)6-10(8)19(17,18)15-5-1-2-9(15)11(14)16/h3-4,6,9H,1-2,5,13H2,(H2,14,16). The average molecular weight is 287 g/mol. The summed E-state index contributed by atoms with van der Waals surface area (Å²) in [4.78, 5) is 10.7. The molecule has 1 amide bonds. The lowest BCUT2D eigenvalue weighted by molar-refractivity contribution is -0.121. The molecule has 1 fully saturated rings. The second-order valence-corrected chi connectivity index (χ2v) is 6.22. The van der Waals surface area contributed by atoms with Crippen LogP contribution in [0, 0.1) is 5.82 Å². The first-order chi connectivity index (χ1) is 8.84. The fourth-order valence-electron chi connectivity index (χ4n) is 2.16. The van der Waals surface area contributed by atoms with Crippen LogP contribution < -0.4 is 11.5 Å². The van der Waals surface area contributed by atoms with Crippen molar-refractivity contribution in [2.24, 2.45) is 5.73 Å². The molecule has 2 rings (SSSR count). The van der Waals surface area contributed by atoms with Crippen molar-refractivity contribution in [3.05, 3.63) is 24.0 Å². The molecule has 1 atom stereocenters. The summed E-state index contributed by atoms with van der Waals surface area (Å²) in [5, 5.41) is 0. The minimum absolute atomic E-state index is 0.134. The fourth-order valence-corrected chi connectivity index (χ4v) is 3.92. The van der Waals surface area contributed by atoms with Crippen molar-refractivity contribution >= 4 is 21.6 Å². The summed E-state index contributed by atoms with van der Waals surface area (Å²) < 4.78 is 39.3. The molecule has 4 N–H and O–H groups in total. The molecule has 1 aliphatic rings. The normalized spacial score (nSPS) is 20.6. The van der Waals surface area contributed by atoms with Crippen molar-refractivity contribution in [1.29, 1.82) is 0 Å². The van der Waals surface area contributed by atoms with Crippen molar-refractivity contribution < 1.29 is 17.6 Å². The number of nitrogens with zero attached hydrogens (tertiary/aromatic N) is 1. The lowest BCUT2D eigenvalue weighted by Gasteiger charge is -2.22. The highest BCUT2D eigenvalue weighted by Crippen LogP contribution is 2.28. The number of sulfonamides is 1. The Morgan fingerprint density at radius 2 is 2.11 bits per heavy atom. The predicted molar refractivity (Wildman–Crippen MR) is 66.9 cm³/mol. The van der Waals surface area contributed by atoms with Crippen LogP contribution in [0.1, 0.15) is 12.8 Å². The number of benzene rings is 1. The van der Waals surface area contributed by atoms with Crippen molar-refractivity contribution in [1.82, 2.24) is 4.31 Å². The molecule has 1 aromatic carbocycles. The summed E-state index contributed by atoms with van der Waals surface area (Å²) in [6.07, 6.45) is 0.856. The first-order valence-electron chi connectivity index (χ1n) is 5.70. The summed E-state index contributed by atoms with van der Waals surface area (Å²) >= 11 is 0. The van der Waals surface area contributed by atoms with E-state index in [9.17, 15) is 17.6 Å². The first-order valence-corrected chi connectivity index (χ1v) is 7.14. The fraction of sp³-hybridized carbons (Fsp3) is 0.364. The summed E-state index contributed by atoms with van der Waals surface area (Å²) in [6, 6.07) is 2.37. The molecule has 19 heavy (non-hydrogen) atoms. The zero-order valence-corrected chi connectivity index (χ0v) is 10.9. The molecule has 1 aromatic rings. The third kappa shape index (κ3) is 2.41. The van der Waals surface area contributed by atoms with E-state index in [0.29, 0.717) is 12.8 Å². The molecule has 1 saturated heterocycles. The van der Waals surface area contributed by atoms with Gasteiger partial charge in [-0.15, -0.1) is 0 Å². The molecule has 0 aliphatic carbocycles. The Labute approximate surface area is 110 Å². The smallest absolute Gasteiger partial charge is 0.246 e. The van der Waals surface area contributed by atoms with E-state index in [-0.39, 0.29) is 12.2 Å².